The van der Waals surface area contributed by atoms with Crippen molar-refractivity contribution < 1.29 is 0 Å². The predicted molar refractivity (Wildman–Crippen MR) is 108 cm³/mol. The lowest BCUT2D eigenvalue weighted by Crippen LogP contribution is -2.37. The number of rotatable bonds is 1. The van der Waals surface area contributed by atoms with Gasteiger partial charge < -0.3 is 0 Å². The van der Waals surface area contributed by atoms with Crippen LogP contribution in [0.15, 0.2) is 59.7 Å². The number of pyridine rings is 1. The van der Waals surface area contributed by atoms with Crippen LogP contribution in [0.4, 0.5) is 0 Å². The molecule has 0 unspecified atom stereocenters. The van der Waals surface area contributed by atoms with E-state index >= 15 is 0 Å². The second kappa shape index (κ2) is 6.21. The monoisotopic (exact) mass is 360 g/mol. The molecule has 26 heavy (non-hydrogen) atoms. The summed E-state index contributed by atoms with van der Waals surface area (Å²) in [6.07, 6.45) is 9.18. The molecule has 0 amide bonds. The van der Waals surface area contributed by atoms with E-state index in [1.54, 1.807) is 0 Å². The second-order valence-corrected chi connectivity index (χ2v) is 8.08. The van der Waals surface area contributed by atoms with E-state index in [0.29, 0.717) is 0 Å². The Morgan fingerprint density at radius 3 is 2.65 bits per heavy atom. The van der Waals surface area contributed by atoms with E-state index in [2.05, 4.69) is 41.4 Å². The zero-order valence-electron chi connectivity index (χ0n) is 14.7. The number of hydrogen-bond donors (Lipinski definition) is 0. The predicted octanol–water partition coefficient (Wildman–Crippen LogP) is 5.98. The van der Waals surface area contributed by atoms with Crippen LogP contribution in [0.2, 0.25) is 5.02 Å². The molecule has 1 aliphatic heterocycles. The molecule has 3 heteroatoms. The van der Waals surface area contributed by atoms with Crippen LogP contribution in [0, 0.1) is 0 Å². The lowest BCUT2D eigenvalue weighted by atomic mass is 9.74. The maximum absolute atomic E-state index is 6.32. The zero-order chi connectivity index (χ0) is 17.6. The molecule has 1 fully saturated rings. The summed E-state index contributed by atoms with van der Waals surface area (Å²) >= 11 is 6.32. The number of fused-ring (bicyclic) bond motifs is 2. The molecule has 0 atom stereocenters. The molecule has 3 aromatic rings. The first-order chi connectivity index (χ1) is 12.7. The number of halogens is 1. The SMILES string of the molecule is Clc1ccc2c(c1)CC1(CCCCC1)N=C2c1cnc2ccccc2c1. The molecule has 1 aromatic heterocycles. The van der Waals surface area contributed by atoms with Crippen molar-refractivity contribution >= 4 is 28.2 Å². The topological polar surface area (TPSA) is 25.2 Å². The Balaban J connectivity index is 1.70. The first kappa shape index (κ1) is 16.0. The zero-order valence-corrected chi connectivity index (χ0v) is 15.5. The molecule has 0 radical (unpaired) electrons. The summed E-state index contributed by atoms with van der Waals surface area (Å²) in [5.41, 5.74) is 5.80. The summed E-state index contributed by atoms with van der Waals surface area (Å²) in [5.74, 6) is 0. The number of aromatic nitrogens is 1. The van der Waals surface area contributed by atoms with Gasteiger partial charge in [0.25, 0.3) is 0 Å². The largest absolute Gasteiger partial charge is 0.277 e. The van der Waals surface area contributed by atoms with Gasteiger partial charge in [0.1, 0.15) is 0 Å². The number of nitrogens with zero attached hydrogens (tertiary/aromatic N) is 2. The van der Waals surface area contributed by atoms with Gasteiger partial charge in [-0.15, -0.1) is 0 Å². The molecule has 1 saturated carbocycles. The van der Waals surface area contributed by atoms with Crippen LogP contribution in [0.3, 0.4) is 0 Å². The average Bonchev–Trinajstić information content (AvgIpc) is 2.67. The Bertz CT molecular complexity index is 1020. The molecule has 0 bridgehead atoms. The van der Waals surface area contributed by atoms with Gasteiger partial charge in [-0.25, -0.2) is 0 Å². The van der Waals surface area contributed by atoms with E-state index < -0.39 is 0 Å². The van der Waals surface area contributed by atoms with Crippen LogP contribution >= 0.6 is 11.6 Å². The average molecular weight is 361 g/mol. The third-order valence-corrected chi connectivity index (χ3v) is 6.07. The first-order valence-corrected chi connectivity index (χ1v) is 9.84. The lowest BCUT2D eigenvalue weighted by Gasteiger charge is -2.38. The normalized spacial score (nSPS) is 18.6. The van der Waals surface area contributed by atoms with Gasteiger partial charge in [0.05, 0.1) is 16.8 Å². The molecule has 0 saturated heterocycles. The van der Waals surface area contributed by atoms with Crippen LogP contribution in [0.1, 0.15) is 48.8 Å². The molecule has 0 N–H and O–H groups in total. The molecule has 2 heterocycles. The van der Waals surface area contributed by atoms with Gasteiger partial charge in [-0.3, -0.25) is 9.98 Å². The third-order valence-electron chi connectivity index (χ3n) is 5.84. The first-order valence-electron chi connectivity index (χ1n) is 9.46. The summed E-state index contributed by atoms with van der Waals surface area (Å²) in [6.45, 7) is 0. The number of para-hydroxylation sites is 1. The van der Waals surface area contributed by atoms with Crippen molar-refractivity contribution in [2.24, 2.45) is 4.99 Å². The fourth-order valence-corrected chi connectivity index (χ4v) is 4.74. The summed E-state index contributed by atoms with van der Waals surface area (Å²) in [4.78, 5) is 10.0. The summed E-state index contributed by atoms with van der Waals surface area (Å²) in [7, 11) is 0. The maximum Gasteiger partial charge on any atom is 0.0744 e. The Morgan fingerprint density at radius 2 is 1.77 bits per heavy atom. The molecule has 1 aliphatic carbocycles. The smallest absolute Gasteiger partial charge is 0.0744 e. The van der Waals surface area contributed by atoms with Gasteiger partial charge in [-0.05, 0) is 49.1 Å². The molecule has 2 aromatic carbocycles. The van der Waals surface area contributed by atoms with Crippen LogP contribution in [0.25, 0.3) is 10.9 Å². The number of benzene rings is 2. The van der Waals surface area contributed by atoms with E-state index in [4.69, 9.17) is 16.6 Å². The van der Waals surface area contributed by atoms with Crippen LogP contribution < -0.4 is 0 Å². The van der Waals surface area contributed by atoms with Gasteiger partial charge in [-0.2, -0.15) is 0 Å². The van der Waals surface area contributed by atoms with Gasteiger partial charge in [0.15, 0.2) is 0 Å². The molecular formula is C23H21ClN2. The standard InChI is InChI=1S/C23H21ClN2/c24-19-8-9-20-17(13-19)14-23(10-4-1-5-11-23)26-22(20)18-12-16-6-2-3-7-21(16)25-15-18/h2-3,6-9,12-13,15H,1,4-5,10-11,14H2. The quantitative estimate of drug-likeness (QED) is 0.523. The summed E-state index contributed by atoms with van der Waals surface area (Å²) in [6, 6.07) is 16.7. The summed E-state index contributed by atoms with van der Waals surface area (Å²) < 4.78 is 0. The highest BCUT2D eigenvalue weighted by molar-refractivity contribution is 6.31. The van der Waals surface area contributed by atoms with E-state index in [1.807, 2.05) is 18.3 Å². The molecule has 2 nitrogen and oxygen atoms in total. The summed E-state index contributed by atoms with van der Waals surface area (Å²) in [5, 5.41) is 1.97. The lowest BCUT2D eigenvalue weighted by molar-refractivity contribution is 0.294. The van der Waals surface area contributed by atoms with Crippen molar-refractivity contribution in [1.82, 2.24) is 4.98 Å². The fraction of sp³-hybridized carbons (Fsp3) is 0.304. The van der Waals surface area contributed by atoms with Crippen molar-refractivity contribution in [1.29, 1.82) is 0 Å². The maximum atomic E-state index is 6.32. The van der Waals surface area contributed by atoms with E-state index in [0.717, 1.165) is 33.6 Å². The van der Waals surface area contributed by atoms with Gasteiger partial charge in [0.2, 0.25) is 0 Å². The minimum absolute atomic E-state index is 0.0386. The van der Waals surface area contributed by atoms with Gasteiger partial charge in [0, 0.05) is 27.7 Å². The Labute approximate surface area is 158 Å². The van der Waals surface area contributed by atoms with Crippen molar-refractivity contribution in [3.05, 3.63) is 76.4 Å². The third kappa shape index (κ3) is 2.73. The molecule has 2 aliphatic rings. The van der Waals surface area contributed by atoms with Gasteiger partial charge in [-0.1, -0.05) is 55.1 Å². The Morgan fingerprint density at radius 1 is 0.923 bits per heavy atom. The second-order valence-electron chi connectivity index (χ2n) is 7.64. The molecule has 5 rings (SSSR count). The van der Waals surface area contributed by atoms with E-state index in [9.17, 15) is 0 Å². The molecular weight excluding hydrogens is 340 g/mol. The number of hydrogen-bond acceptors (Lipinski definition) is 2. The fourth-order valence-electron chi connectivity index (χ4n) is 4.55. The van der Waals surface area contributed by atoms with Crippen molar-refractivity contribution in [3.63, 3.8) is 0 Å². The Kier molecular flexibility index (Phi) is 3.82. The molecule has 130 valence electrons. The van der Waals surface area contributed by atoms with Crippen LogP contribution in [-0.2, 0) is 6.42 Å². The van der Waals surface area contributed by atoms with Crippen LogP contribution in [-0.4, -0.2) is 16.2 Å². The molecule has 1 spiro atoms. The van der Waals surface area contributed by atoms with Crippen molar-refractivity contribution in [3.8, 4) is 0 Å². The van der Waals surface area contributed by atoms with Gasteiger partial charge >= 0.3 is 0 Å². The Hall–Kier alpha value is -2.19. The van der Waals surface area contributed by atoms with Crippen molar-refractivity contribution in [2.45, 2.75) is 44.1 Å². The van der Waals surface area contributed by atoms with Crippen LogP contribution in [0.5, 0.6) is 0 Å². The number of aliphatic imine (C=N–C) groups is 1. The minimum Gasteiger partial charge on any atom is -0.277 e. The highest BCUT2D eigenvalue weighted by Crippen LogP contribution is 2.40. The van der Waals surface area contributed by atoms with E-state index in [1.165, 1.54) is 43.2 Å². The highest BCUT2D eigenvalue weighted by atomic mass is 35.5. The highest BCUT2D eigenvalue weighted by Gasteiger charge is 2.36. The minimum atomic E-state index is 0.0386. The van der Waals surface area contributed by atoms with E-state index in [-0.39, 0.29) is 5.54 Å². The van der Waals surface area contributed by atoms with Crippen molar-refractivity contribution in [2.75, 3.05) is 0 Å².